The van der Waals surface area contributed by atoms with Gasteiger partial charge in [0.25, 0.3) is 0 Å². The summed E-state index contributed by atoms with van der Waals surface area (Å²) in [5, 5.41) is 0. The molecule has 2 aromatic rings. The van der Waals surface area contributed by atoms with Crippen LogP contribution < -0.4 is 0 Å². The molecule has 1 aromatic carbocycles. The fourth-order valence-electron chi connectivity index (χ4n) is 3.21. The molecule has 2 heterocycles. The van der Waals surface area contributed by atoms with Gasteiger partial charge in [0, 0.05) is 12.1 Å². The van der Waals surface area contributed by atoms with Gasteiger partial charge in [0.1, 0.15) is 11.6 Å². The van der Waals surface area contributed by atoms with Gasteiger partial charge in [-0.25, -0.2) is 9.37 Å². The molecule has 0 spiro atoms. The predicted octanol–water partition coefficient (Wildman–Crippen LogP) is 3.94. The molecule has 3 rings (SSSR count). The number of benzene rings is 1. The lowest BCUT2D eigenvalue weighted by molar-refractivity contribution is 0.116. The maximum absolute atomic E-state index is 13.4. The smallest absolute Gasteiger partial charge is 0.208 e. The SMILES string of the molecule is Cc1nc(CN2[C@H](C)Cc3cc(F)ccc3[C@@H]2C)oc1C. The van der Waals surface area contributed by atoms with Crippen LogP contribution in [0.1, 0.15) is 48.4 Å². The molecule has 4 heteroatoms. The van der Waals surface area contributed by atoms with Crippen LogP contribution in [-0.2, 0) is 13.0 Å². The van der Waals surface area contributed by atoms with Crippen molar-refractivity contribution in [2.45, 2.75) is 52.7 Å². The van der Waals surface area contributed by atoms with Gasteiger partial charge in [-0.3, -0.25) is 4.90 Å². The van der Waals surface area contributed by atoms with E-state index in [1.165, 1.54) is 5.56 Å². The number of hydrogen-bond acceptors (Lipinski definition) is 3. The van der Waals surface area contributed by atoms with Crippen LogP contribution in [0, 0.1) is 19.7 Å². The average Bonchev–Trinajstić information content (AvgIpc) is 2.73. The van der Waals surface area contributed by atoms with E-state index < -0.39 is 0 Å². The second kappa shape index (κ2) is 5.26. The number of rotatable bonds is 2. The third-order valence-electron chi connectivity index (χ3n) is 4.52. The number of fused-ring (bicyclic) bond motifs is 1. The highest BCUT2D eigenvalue weighted by molar-refractivity contribution is 5.33. The van der Waals surface area contributed by atoms with Crippen molar-refractivity contribution in [1.82, 2.24) is 9.88 Å². The molecule has 1 aliphatic heterocycles. The lowest BCUT2D eigenvalue weighted by Gasteiger charge is -2.39. The van der Waals surface area contributed by atoms with Gasteiger partial charge < -0.3 is 4.42 Å². The van der Waals surface area contributed by atoms with Crippen molar-refractivity contribution in [1.29, 1.82) is 0 Å². The lowest BCUT2D eigenvalue weighted by Crippen LogP contribution is -2.40. The van der Waals surface area contributed by atoms with Gasteiger partial charge in [-0.1, -0.05) is 6.07 Å². The summed E-state index contributed by atoms with van der Waals surface area (Å²) in [7, 11) is 0. The Labute approximate surface area is 124 Å². The molecule has 0 aliphatic carbocycles. The van der Waals surface area contributed by atoms with Crippen LogP contribution in [0.3, 0.4) is 0 Å². The molecule has 0 N–H and O–H groups in total. The Morgan fingerprint density at radius 1 is 1.33 bits per heavy atom. The summed E-state index contributed by atoms with van der Waals surface area (Å²) >= 11 is 0. The van der Waals surface area contributed by atoms with E-state index >= 15 is 0 Å². The number of aryl methyl sites for hydroxylation is 2. The highest BCUT2D eigenvalue weighted by atomic mass is 19.1. The molecule has 1 aliphatic rings. The summed E-state index contributed by atoms with van der Waals surface area (Å²) in [6.07, 6.45) is 0.857. The molecule has 0 fully saturated rings. The predicted molar refractivity (Wildman–Crippen MR) is 79.5 cm³/mol. The first-order valence-corrected chi connectivity index (χ1v) is 7.42. The zero-order valence-electron chi connectivity index (χ0n) is 13.0. The summed E-state index contributed by atoms with van der Waals surface area (Å²) in [5.74, 6) is 1.49. The molecule has 0 amide bonds. The molecule has 0 bridgehead atoms. The van der Waals surface area contributed by atoms with Gasteiger partial charge in [0.15, 0.2) is 0 Å². The van der Waals surface area contributed by atoms with Crippen LogP contribution in [0.15, 0.2) is 22.6 Å². The topological polar surface area (TPSA) is 29.3 Å². The van der Waals surface area contributed by atoms with Crippen LogP contribution in [0.2, 0.25) is 0 Å². The monoisotopic (exact) mass is 288 g/mol. The maximum Gasteiger partial charge on any atom is 0.208 e. The second-order valence-electron chi connectivity index (χ2n) is 5.99. The molecule has 0 unspecified atom stereocenters. The van der Waals surface area contributed by atoms with E-state index in [2.05, 4.69) is 23.7 Å². The van der Waals surface area contributed by atoms with Crippen molar-refractivity contribution in [2.24, 2.45) is 0 Å². The highest BCUT2D eigenvalue weighted by Crippen LogP contribution is 2.34. The fraction of sp³-hybridized carbons (Fsp3) is 0.471. The number of hydrogen-bond donors (Lipinski definition) is 0. The molecular formula is C17H21FN2O. The summed E-state index contributed by atoms with van der Waals surface area (Å²) in [5.41, 5.74) is 3.27. The maximum atomic E-state index is 13.4. The Balaban J connectivity index is 1.88. The van der Waals surface area contributed by atoms with Gasteiger partial charge in [-0.05, 0) is 57.4 Å². The van der Waals surface area contributed by atoms with Crippen molar-refractivity contribution in [3.63, 3.8) is 0 Å². The lowest BCUT2D eigenvalue weighted by atomic mass is 9.89. The first kappa shape index (κ1) is 14.3. The third kappa shape index (κ3) is 2.60. The van der Waals surface area contributed by atoms with Crippen LogP contribution in [-0.4, -0.2) is 15.9 Å². The van der Waals surface area contributed by atoms with Crippen LogP contribution in [0.5, 0.6) is 0 Å². The minimum atomic E-state index is -0.152. The standard InChI is InChI=1S/C17H21FN2O/c1-10-7-14-8-15(18)5-6-16(14)12(3)20(10)9-17-19-11(2)13(4)21-17/h5-6,8,10,12H,7,9H2,1-4H3/t10-,12+/m1/s1. The van der Waals surface area contributed by atoms with E-state index in [1.807, 2.05) is 19.9 Å². The van der Waals surface area contributed by atoms with Gasteiger partial charge in [0.2, 0.25) is 5.89 Å². The molecule has 2 atom stereocenters. The first-order chi connectivity index (χ1) is 9.95. The Morgan fingerprint density at radius 2 is 2.10 bits per heavy atom. The van der Waals surface area contributed by atoms with Gasteiger partial charge in [0.05, 0.1) is 12.2 Å². The quantitative estimate of drug-likeness (QED) is 0.838. The normalized spacial score (nSPS) is 22.3. The average molecular weight is 288 g/mol. The zero-order valence-corrected chi connectivity index (χ0v) is 13.0. The Bertz CT molecular complexity index is 645. The molecular weight excluding hydrogens is 267 g/mol. The number of nitrogens with zero attached hydrogens (tertiary/aromatic N) is 2. The number of oxazole rings is 1. The molecule has 1 aromatic heterocycles. The number of aromatic nitrogens is 1. The summed E-state index contributed by atoms with van der Waals surface area (Å²) in [6.45, 7) is 8.92. The van der Waals surface area contributed by atoms with Crippen molar-refractivity contribution in [3.8, 4) is 0 Å². The Hall–Kier alpha value is -1.68. The van der Waals surface area contributed by atoms with Crippen molar-refractivity contribution in [2.75, 3.05) is 0 Å². The van der Waals surface area contributed by atoms with E-state index in [1.54, 1.807) is 12.1 Å². The minimum absolute atomic E-state index is 0.152. The second-order valence-corrected chi connectivity index (χ2v) is 5.99. The molecule has 3 nitrogen and oxygen atoms in total. The number of halogens is 1. The van der Waals surface area contributed by atoms with Gasteiger partial charge >= 0.3 is 0 Å². The molecule has 0 saturated heterocycles. The van der Waals surface area contributed by atoms with E-state index in [-0.39, 0.29) is 11.9 Å². The van der Waals surface area contributed by atoms with E-state index in [4.69, 9.17) is 4.42 Å². The van der Waals surface area contributed by atoms with E-state index in [9.17, 15) is 4.39 Å². The largest absolute Gasteiger partial charge is 0.444 e. The minimum Gasteiger partial charge on any atom is -0.444 e. The summed E-state index contributed by atoms with van der Waals surface area (Å²) in [6, 6.07) is 5.68. The van der Waals surface area contributed by atoms with Gasteiger partial charge in [-0.2, -0.15) is 0 Å². The third-order valence-corrected chi connectivity index (χ3v) is 4.52. The molecule has 0 saturated carbocycles. The Kier molecular flexibility index (Phi) is 3.57. The van der Waals surface area contributed by atoms with Crippen molar-refractivity contribution < 1.29 is 8.81 Å². The fourth-order valence-corrected chi connectivity index (χ4v) is 3.21. The molecule has 0 radical (unpaired) electrons. The van der Waals surface area contributed by atoms with Crippen molar-refractivity contribution >= 4 is 0 Å². The zero-order chi connectivity index (χ0) is 15.1. The molecule has 112 valence electrons. The van der Waals surface area contributed by atoms with Crippen molar-refractivity contribution in [3.05, 3.63) is 52.5 Å². The van der Waals surface area contributed by atoms with Crippen LogP contribution in [0.4, 0.5) is 4.39 Å². The van der Waals surface area contributed by atoms with E-state index in [0.29, 0.717) is 12.6 Å². The first-order valence-electron chi connectivity index (χ1n) is 7.42. The summed E-state index contributed by atoms with van der Waals surface area (Å²) < 4.78 is 19.1. The van der Waals surface area contributed by atoms with Crippen LogP contribution in [0.25, 0.3) is 0 Å². The summed E-state index contributed by atoms with van der Waals surface area (Å²) in [4.78, 5) is 6.84. The van der Waals surface area contributed by atoms with Crippen LogP contribution >= 0.6 is 0 Å². The van der Waals surface area contributed by atoms with E-state index in [0.717, 1.165) is 29.3 Å². The van der Waals surface area contributed by atoms with Gasteiger partial charge in [-0.15, -0.1) is 0 Å². The Morgan fingerprint density at radius 3 is 2.76 bits per heavy atom. The highest BCUT2D eigenvalue weighted by Gasteiger charge is 2.30. The molecule has 21 heavy (non-hydrogen) atoms.